The molecular formula is C21H22N2. The monoisotopic (exact) mass is 302 g/mol. The molecule has 23 heavy (non-hydrogen) atoms. The van der Waals surface area contributed by atoms with Crippen LogP contribution in [0, 0.1) is 5.92 Å². The molecule has 2 heterocycles. The summed E-state index contributed by atoms with van der Waals surface area (Å²) in [7, 11) is 2.27. The summed E-state index contributed by atoms with van der Waals surface area (Å²) in [6.45, 7) is 2.39. The summed E-state index contributed by atoms with van der Waals surface area (Å²) in [5, 5.41) is 1.44. The minimum Gasteiger partial charge on any atom is -0.358 e. The lowest BCUT2D eigenvalue weighted by molar-refractivity contribution is 0.356. The first-order valence-electron chi connectivity index (χ1n) is 8.64. The second kappa shape index (κ2) is 4.97. The topological polar surface area (TPSA) is 19.0 Å². The van der Waals surface area contributed by atoms with E-state index in [0.717, 1.165) is 12.3 Å². The summed E-state index contributed by atoms with van der Waals surface area (Å²) >= 11 is 0. The number of likely N-dealkylation sites (tertiary alicyclic amines) is 1. The van der Waals surface area contributed by atoms with E-state index in [4.69, 9.17) is 0 Å². The number of rotatable bonds is 1. The molecule has 2 aliphatic rings. The van der Waals surface area contributed by atoms with Gasteiger partial charge in [0.25, 0.3) is 0 Å². The molecule has 0 radical (unpaired) electrons. The molecule has 2 nitrogen and oxygen atoms in total. The first-order chi connectivity index (χ1) is 11.3. The number of fused-ring (bicyclic) bond motifs is 5. The zero-order valence-electron chi connectivity index (χ0n) is 13.5. The van der Waals surface area contributed by atoms with Crippen molar-refractivity contribution in [2.75, 3.05) is 20.1 Å². The average Bonchev–Trinajstić information content (AvgIpc) is 3.14. The number of hydrogen-bond acceptors (Lipinski definition) is 1. The third-order valence-electron chi connectivity index (χ3n) is 5.91. The number of aromatic amines is 1. The van der Waals surface area contributed by atoms with Crippen molar-refractivity contribution in [2.45, 2.75) is 18.3 Å². The molecule has 1 fully saturated rings. The van der Waals surface area contributed by atoms with Gasteiger partial charge in [-0.1, -0.05) is 48.5 Å². The number of likely N-dealkylation sites (N-methyl/N-ethyl adjacent to an activating group) is 1. The van der Waals surface area contributed by atoms with Crippen LogP contribution in [0.4, 0.5) is 0 Å². The van der Waals surface area contributed by atoms with Crippen LogP contribution in [0.15, 0.2) is 54.6 Å². The van der Waals surface area contributed by atoms with Crippen molar-refractivity contribution in [2.24, 2.45) is 5.92 Å². The van der Waals surface area contributed by atoms with Gasteiger partial charge in [-0.3, -0.25) is 0 Å². The summed E-state index contributed by atoms with van der Waals surface area (Å²) in [6.07, 6.45) is 1.14. The maximum atomic E-state index is 3.72. The Hall–Kier alpha value is -2.06. The first kappa shape index (κ1) is 13.4. The van der Waals surface area contributed by atoms with Crippen LogP contribution in [0.1, 0.15) is 28.7 Å². The standard InChI is InChI=1S/C21H22N2/c1-23-12-17-16(14-7-3-2-4-8-14)11-20-21(18(17)13-23)15-9-5-6-10-19(15)22-20/h2-10,16-18,22H,11-13H2,1H3/t16?,17-,18-/m0/s1. The summed E-state index contributed by atoms with van der Waals surface area (Å²) in [4.78, 5) is 6.24. The summed E-state index contributed by atoms with van der Waals surface area (Å²) in [5.41, 5.74) is 5.88. The maximum absolute atomic E-state index is 3.72. The molecule has 5 rings (SSSR count). The number of para-hydroxylation sites is 1. The van der Waals surface area contributed by atoms with E-state index >= 15 is 0 Å². The molecule has 1 unspecified atom stereocenters. The molecular weight excluding hydrogens is 280 g/mol. The molecule has 1 aliphatic heterocycles. The molecule has 1 N–H and O–H groups in total. The molecule has 3 atom stereocenters. The quantitative estimate of drug-likeness (QED) is 0.715. The van der Waals surface area contributed by atoms with Crippen LogP contribution >= 0.6 is 0 Å². The Bertz CT molecular complexity index is 849. The van der Waals surface area contributed by atoms with E-state index in [9.17, 15) is 0 Å². The van der Waals surface area contributed by atoms with Crippen LogP contribution in [-0.4, -0.2) is 30.0 Å². The number of H-pyrrole nitrogens is 1. The molecule has 0 saturated carbocycles. The summed E-state index contributed by atoms with van der Waals surface area (Å²) in [5.74, 6) is 2.02. The number of nitrogens with zero attached hydrogens (tertiary/aromatic N) is 1. The molecule has 2 aromatic carbocycles. The lowest BCUT2D eigenvalue weighted by Crippen LogP contribution is -2.27. The van der Waals surface area contributed by atoms with E-state index in [1.54, 1.807) is 5.56 Å². The van der Waals surface area contributed by atoms with Crippen LogP contribution in [0.2, 0.25) is 0 Å². The lowest BCUT2D eigenvalue weighted by atomic mass is 9.69. The zero-order chi connectivity index (χ0) is 15.4. The Labute approximate surface area is 137 Å². The van der Waals surface area contributed by atoms with Crippen LogP contribution in [-0.2, 0) is 6.42 Å². The van der Waals surface area contributed by atoms with Gasteiger partial charge in [0.15, 0.2) is 0 Å². The van der Waals surface area contributed by atoms with Crippen molar-refractivity contribution in [3.63, 3.8) is 0 Å². The molecule has 0 bridgehead atoms. The molecule has 1 aliphatic carbocycles. The fourth-order valence-corrected chi connectivity index (χ4v) is 4.99. The van der Waals surface area contributed by atoms with E-state index in [1.807, 2.05) is 0 Å². The van der Waals surface area contributed by atoms with Gasteiger partial charge < -0.3 is 9.88 Å². The third kappa shape index (κ3) is 1.98. The van der Waals surface area contributed by atoms with E-state index in [1.165, 1.54) is 35.2 Å². The number of nitrogens with one attached hydrogen (secondary N) is 1. The highest BCUT2D eigenvalue weighted by atomic mass is 15.1. The average molecular weight is 302 g/mol. The highest BCUT2D eigenvalue weighted by Crippen LogP contribution is 2.50. The van der Waals surface area contributed by atoms with Crippen LogP contribution in [0.3, 0.4) is 0 Å². The SMILES string of the molecule is CN1C[C@@H]2c3c([nH]c4ccccc34)CC(c3ccccc3)[C@@H]2C1. The number of benzene rings is 2. The predicted molar refractivity (Wildman–Crippen MR) is 94.9 cm³/mol. The Kier molecular flexibility index (Phi) is 2.89. The van der Waals surface area contributed by atoms with Crippen molar-refractivity contribution < 1.29 is 0 Å². The molecule has 1 saturated heterocycles. The number of hydrogen-bond donors (Lipinski definition) is 1. The molecule has 1 aromatic heterocycles. The predicted octanol–water partition coefficient (Wildman–Crippen LogP) is 4.15. The van der Waals surface area contributed by atoms with Gasteiger partial charge in [-0.2, -0.15) is 0 Å². The zero-order valence-corrected chi connectivity index (χ0v) is 13.5. The van der Waals surface area contributed by atoms with Crippen molar-refractivity contribution >= 4 is 10.9 Å². The highest BCUT2D eigenvalue weighted by Gasteiger charge is 2.43. The lowest BCUT2D eigenvalue weighted by Gasteiger charge is -2.34. The smallest absolute Gasteiger partial charge is 0.0459 e. The summed E-state index contributed by atoms with van der Waals surface area (Å²) in [6, 6.07) is 19.9. The summed E-state index contributed by atoms with van der Waals surface area (Å²) < 4.78 is 0. The Morgan fingerprint density at radius 2 is 1.70 bits per heavy atom. The molecule has 0 spiro atoms. The van der Waals surface area contributed by atoms with Crippen LogP contribution in [0.25, 0.3) is 10.9 Å². The number of aromatic nitrogens is 1. The van der Waals surface area contributed by atoms with Gasteiger partial charge in [-0.25, -0.2) is 0 Å². The van der Waals surface area contributed by atoms with E-state index in [-0.39, 0.29) is 0 Å². The molecule has 3 aromatic rings. The van der Waals surface area contributed by atoms with Crippen molar-refractivity contribution in [3.05, 3.63) is 71.4 Å². The normalized spacial score (nSPS) is 27.1. The van der Waals surface area contributed by atoms with Crippen molar-refractivity contribution in [1.29, 1.82) is 0 Å². The maximum Gasteiger partial charge on any atom is 0.0459 e. The third-order valence-corrected chi connectivity index (χ3v) is 5.91. The highest BCUT2D eigenvalue weighted by molar-refractivity contribution is 5.85. The van der Waals surface area contributed by atoms with Crippen LogP contribution < -0.4 is 0 Å². The minimum atomic E-state index is 0.631. The van der Waals surface area contributed by atoms with Gasteiger partial charge in [-0.15, -0.1) is 0 Å². The van der Waals surface area contributed by atoms with Gasteiger partial charge in [0.1, 0.15) is 0 Å². The second-order valence-electron chi connectivity index (χ2n) is 7.28. The fraction of sp³-hybridized carbons (Fsp3) is 0.333. The van der Waals surface area contributed by atoms with Gasteiger partial charge in [0, 0.05) is 35.6 Å². The van der Waals surface area contributed by atoms with Gasteiger partial charge >= 0.3 is 0 Å². The second-order valence-corrected chi connectivity index (χ2v) is 7.28. The Balaban J connectivity index is 1.69. The molecule has 0 amide bonds. The van der Waals surface area contributed by atoms with Gasteiger partial charge in [-0.05, 0) is 42.5 Å². The van der Waals surface area contributed by atoms with Crippen molar-refractivity contribution in [3.8, 4) is 0 Å². The Morgan fingerprint density at radius 3 is 2.57 bits per heavy atom. The fourth-order valence-electron chi connectivity index (χ4n) is 4.99. The van der Waals surface area contributed by atoms with Crippen LogP contribution in [0.5, 0.6) is 0 Å². The van der Waals surface area contributed by atoms with Gasteiger partial charge in [0.05, 0.1) is 0 Å². The Morgan fingerprint density at radius 1 is 0.913 bits per heavy atom. The van der Waals surface area contributed by atoms with Gasteiger partial charge in [0.2, 0.25) is 0 Å². The van der Waals surface area contributed by atoms with E-state index in [2.05, 4.69) is 71.5 Å². The minimum absolute atomic E-state index is 0.631. The molecule has 116 valence electrons. The largest absolute Gasteiger partial charge is 0.358 e. The van der Waals surface area contributed by atoms with E-state index in [0.29, 0.717) is 11.8 Å². The molecule has 2 heteroatoms. The van der Waals surface area contributed by atoms with E-state index < -0.39 is 0 Å². The van der Waals surface area contributed by atoms with Crippen molar-refractivity contribution in [1.82, 2.24) is 9.88 Å². The first-order valence-corrected chi connectivity index (χ1v) is 8.64.